The van der Waals surface area contributed by atoms with Crippen LogP contribution >= 0.6 is 0 Å². The smallest absolute Gasteiger partial charge is 0.359 e. The largest absolute Gasteiger partial charge is 0.493 e. The molecule has 0 bridgehead atoms. The summed E-state index contributed by atoms with van der Waals surface area (Å²) in [5, 5.41) is 0. The van der Waals surface area contributed by atoms with Crippen LogP contribution < -0.4 is 9.47 Å². The molecule has 2 heterocycles. The number of carbonyl (C=O) groups excluding carboxylic acids is 2. The van der Waals surface area contributed by atoms with Crippen LogP contribution in [0.15, 0.2) is 30.7 Å². The van der Waals surface area contributed by atoms with Crippen LogP contribution in [0.4, 0.5) is 0 Å². The van der Waals surface area contributed by atoms with Gasteiger partial charge in [0.05, 0.1) is 20.4 Å². The molecule has 3 rings (SSSR count). The number of hydrogen-bond acceptors (Lipinski definition) is 7. The maximum absolute atomic E-state index is 12.4. The van der Waals surface area contributed by atoms with Crippen LogP contribution in [0.2, 0.25) is 0 Å². The van der Waals surface area contributed by atoms with E-state index in [0.29, 0.717) is 31.0 Å². The molecule has 1 aromatic carbocycles. The van der Waals surface area contributed by atoms with Crippen molar-refractivity contribution in [1.82, 2.24) is 14.9 Å². The van der Waals surface area contributed by atoms with Crippen molar-refractivity contribution >= 4 is 11.9 Å². The Balaban J connectivity index is 1.63. The van der Waals surface area contributed by atoms with Gasteiger partial charge in [0.25, 0.3) is 5.91 Å². The van der Waals surface area contributed by atoms with Gasteiger partial charge in [0.15, 0.2) is 23.8 Å². The van der Waals surface area contributed by atoms with Crippen LogP contribution in [-0.2, 0) is 22.5 Å². The predicted molar refractivity (Wildman–Crippen MR) is 91.0 cm³/mol. The zero-order valence-corrected chi connectivity index (χ0v) is 14.6. The number of carbonyl (C=O) groups is 2. The van der Waals surface area contributed by atoms with Crippen molar-refractivity contribution in [2.45, 2.75) is 13.0 Å². The Bertz CT molecular complexity index is 810. The summed E-state index contributed by atoms with van der Waals surface area (Å²) in [7, 11) is 3.16. The fourth-order valence-corrected chi connectivity index (χ4v) is 2.79. The number of esters is 1. The molecule has 2 aromatic rings. The van der Waals surface area contributed by atoms with Gasteiger partial charge in [0.1, 0.15) is 0 Å². The Morgan fingerprint density at radius 1 is 1.12 bits per heavy atom. The lowest BCUT2D eigenvalue weighted by Crippen LogP contribution is -2.38. The fraction of sp³-hybridized carbons (Fsp3) is 0.333. The molecule has 1 aromatic heterocycles. The average Bonchev–Trinajstić information content (AvgIpc) is 2.70. The summed E-state index contributed by atoms with van der Waals surface area (Å²) in [4.78, 5) is 33.5. The van der Waals surface area contributed by atoms with E-state index in [9.17, 15) is 9.59 Å². The molecule has 0 spiro atoms. The third-order valence-corrected chi connectivity index (χ3v) is 4.17. The number of methoxy groups -OCH3 is 2. The molecule has 1 aliphatic heterocycles. The van der Waals surface area contributed by atoms with Gasteiger partial charge in [-0.1, -0.05) is 0 Å². The minimum atomic E-state index is -0.671. The molecule has 1 amide bonds. The van der Waals surface area contributed by atoms with Gasteiger partial charge in [-0.25, -0.2) is 9.78 Å². The lowest BCUT2D eigenvalue weighted by molar-refractivity contribution is -0.135. The zero-order valence-electron chi connectivity index (χ0n) is 14.6. The van der Waals surface area contributed by atoms with Crippen LogP contribution in [0.3, 0.4) is 0 Å². The number of nitrogens with zero attached hydrogens (tertiary/aromatic N) is 3. The Kier molecular flexibility index (Phi) is 5.31. The topological polar surface area (TPSA) is 90.8 Å². The molecule has 8 nitrogen and oxygen atoms in total. The van der Waals surface area contributed by atoms with E-state index in [2.05, 4.69) is 9.97 Å². The van der Waals surface area contributed by atoms with Gasteiger partial charge in [-0.2, -0.15) is 0 Å². The van der Waals surface area contributed by atoms with Gasteiger partial charge in [0.2, 0.25) is 0 Å². The van der Waals surface area contributed by atoms with Crippen molar-refractivity contribution in [3.05, 3.63) is 47.5 Å². The molecule has 0 unspecified atom stereocenters. The number of fused-ring (bicyclic) bond motifs is 1. The Morgan fingerprint density at radius 2 is 1.85 bits per heavy atom. The molecule has 0 N–H and O–H groups in total. The molecule has 0 fully saturated rings. The second-order valence-electron chi connectivity index (χ2n) is 5.71. The molecular formula is C18H19N3O5. The summed E-state index contributed by atoms with van der Waals surface area (Å²) in [6.45, 7) is 0.638. The Labute approximate surface area is 150 Å². The van der Waals surface area contributed by atoms with Crippen molar-refractivity contribution in [3.63, 3.8) is 0 Å². The molecule has 26 heavy (non-hydrogen) atoms. The van der Waals surface area contributed by atoms with Gasteiger partial charge in [-0.05, 0) is 29.7 Å². The van der Waals surface area contributed by atoms with E-state index in [1.807, 2.05) is 12.1 Å². The van der Waals surface area contributed by atoms with Crippen molar-refractivity contribution in [1.29, 1.82) is 0 Å². The van der Waals surface area contributed by atoms with Crippen molar-refractivity contribution < 1.29 is 23.8 Å². The van der Waals surface area contributed by atoms with Crippen LogP contribution in [0.5, 0.6) is 11.5 Å². The highest BCUT2D eigenvalue weighted by Gasteiger charge is 2.24. The highest BCUT2D eigenvalue weighted by atomic mass is 16.5. The second-order valence-corrected chi connectivity index (χ2v) is 5.71. The summed E-state index contributed by atoms with van der Waals surface area (Å²) >= 11 is 0. The standard InChI is InChI=1S/C18H19N3O5/c1-24-15-7-12-3-6-21(10-13(12)8-16(15)25-2)17(22)11-26-18(23)14-9-19-4-5-20-14/h4-5,7-9H,3,6,10-11H2,1-2H3. The average molecular weight is 357 g/mol. The third-order valence-electron chi connectivity index (χ3n) is 4.17. The quantitative estimate of drug-likeness (QED) is 0.744. The number of ether oxygens (including phenoxy) is 3. The zero-order chi connectivity index (χ0) is 18.5. The maximum Gasteiger partial charge on any atom is 0.359 e. The normalized spacial score (nSPS) is 12.9. The minimum Gasteiger partial charge on any atom is -0.493 e. The van der Waals surface area contributed by atoms with Gasteiger partial charge >= 0.3 is 5.97 Å². The summed E-state index contributed by atoms with van der Waals surface area (Å²) in [5.74, 6) is 0.358. The van der Waals surface area contributed by atoms with Gasteiger partial charge in [-0.15, -0.1) is 0 Å². The molecule has 8 heteroatoms. The highest BCUT2D eigenvalue weighted by molar-refractivity contribution is 5.89. The lowest BCUT2D eigenvalue weighted by Gasteiger charge is -2.29. The molecule has 0 aliphatic carbocycles. The van der Waals surface area contributed by atoms with E-state index < -0.39 is 5.97 Å². The maximum atomic E-state index is 12.4. The predicted octanol–water partition coefficient (Wildman–Crippen LogP) is 1.24. The Morgan fingerprint density at radius 3 is 2.50 bits per heavy atom. The first-order valence-electron chi connectivity index (χ1n) is 8.07. The Hall–Kier alpha value is -3.16. The molecule has 1 aliphatic rings. The lowest BCUT2D eigenvalue weighted by atomic mass is 9.99. The number of amides is 1. The van der Waals surface area contributed by atoms with Crippen LogP contribution in [0.1, 0.15) is 21.6 Å². The molecular weight excluding hydrogens is 338 g/mol. The van der Waals surface area contributed by atoms with Crippen LogP contribution in [0, 0.1) is 0 Å². The monoisotopic (exact) mass is 357 g/mol. The molecule has 0 radical (unpaired) electrons. The van der Waals surface area contributed by atoms with Crippen molar-refractivity contribution in [3.8, 4) is 11.5 Å². The first kappa shape index (κ1) is 17.7. The van der Waals surface area contributed by atoms with Crippen LogP contribution in [-0.4, -0.2) is 54.1 Å². The fourth-order valence-electron chi connectivity index (χ4n) is 2.79. The highest BCUT2D eigenvalue weighted by Crippen LogP contribution is 2.33. The second kappa shape index (κ2) is 7.81. The minimum absolute atomic E-state index is 0.0705. The first-order chi connectivity index (χ1) is 12.6. The molecule has 0 atom stereocenters. The molecule has 136 valence electrons. The third kappa shape index (κ3) is 3.74. The van der Waals surface area contributed by atoms with Gasteiger partial charge in [0, 0.05) is 25.5 Å². The van der Waals surface area contributed by atoms with E-state index in [4.69, 9.17) is 14.2 Å². The summed E-state index contributed by atoms with van der Waals surface area (Å²) in [5.41, 5.74) is 2.17. The van der Waals surface area contributed by atoms with Gasteiger partial charge < -0.3 is 19.1 Å². The van der Waals surface area contributed by atoms with E-state index >= 15 is 0 Å². The number of hydrogen-bond donors (Lipinski definition) is 0. The van der Waals surface area contributed by atoms with E-state index in [0.717, 1.165) is 11.1 Å². The van der Waals surface area contributed by atoms with Crippen molar-refractivity contribution in [2.75, 3.05) is 27.4 Å². The van der Waals surface area contributed by atoms with E-state index in [1.54, 1.807) is 19.1 Å². The van der Waals surface area contributed by atoms with E-state index in [-0.39, 0.29) is 18.2 Å². The van der Waals surface area contributed by atoms with Gasteiger partial charge in [-0.3, -0.25) is 9.78 Å². The van der Waals surface area contributed by atoms with Crippen LogP contribution in [0.25, 0.3) is 0 Å². The van der Waals surface area contributed by atoms with E-state index in [1.165, 1.54) is 18.6 Å². The summed E-state index contributed by atoms with van der Waals surface area (Å²) < 4.78 is 15.7. The first-order valence-corrected chi connectivity index (χ1v) is 8.07. The van der Waals surface area contributed by atoms with Crippen molar-refractivity contribution in [2.24, 2.45) is 0 Å². The summed E-state index contributed by atoms with van der Waals surface area (Å²) in [6, 6.07) is 3.81. The summed E-state index contributed by atoms with van der Waals surface area (Å²) in [6.07, 6.45) is 4.83. The number of rotatable bonds is 5. The SMILES string of the molecule is COc1cc2c(cc1OC)CN(C(=O)COC(=O)c1cnccn1)CC2. The molecule has 0 saturated heterocycles. The number of aromatic nitrogens is 2. The molecule has 0 saturated carbocycles. The number of benzene rings is 1.